The molecule has 0 aromatic heterocycles. The minimum absolute atomic E-state index is 0. The van der Waals surface area contributed by atoms with Crippen molar-refractivity contribution >= 4 is 35.6 Å². The van der Waals surface area contributed by atoms with Crippen molar-refractivity contribution in [2.75, 3.05) is 18.5 Å². The van der Waals surface area contributed by atoms with Crippen LogP contribution in [0.5, 0.6) is 11.5 Å². The Morgan fingerprint density at radius 3 is 2.60 bits per heavy atom. The van der Waals surface area contributed by atoms with Crippen molar-refractivity contribution in [3.63, 3.8) is 0 Å². The van der Waals surface area contributed by atoms with E-state index in [1.165, 1.54) is 16.7 Å². The van der Waals surface area contributed by atoms with E-state index in [4.69, 9.17) is 15.2 Å². The molecule has 5 nitrogen and oxygen atoms in total. The van der Waals surface area contributed by atoms with Crippen molar-refractivity contribution in [2.45, 2.75) is 26.8 Å². The lowest BCUT2D eigenvalue weighted by Crippen LogP contribution is -2.22. The van der Waals surface area contributed by atoms with Gasteiger partial charge in [-0.2, -0.15) is 0 Å². The van der Waals surface area contributed by atoms with Crippen LogP contribution in [0.2, 0.25) is 0 Å². The van der Waals surface area contributed by atoms with Crippen LogP contribution in [0.25, 0.3) is 0 Å². The maximum absolute atomic E-state index is 6.01. The second kappa shape index (κ2) is 8.94. The third-order valence-corrected chi connectivity index (χ3v) is 3.94. The van der Waals surface area contributed by atoms with Crippen molar-refractivity contribution in [3.05, 3.63) is 53.1 Å². The third-order valence-electron chi connectivity index (χ3n) is 3.94. The van der Waals surface area contributed by atoms with Crippen LogP contribution >= 0.6 is 24.0 Å². The Bertz CT molecular complexity index is 762. The summed E-state index contributed by atoms with van der Waals surface area (Å²) in [5.74, 6) is 1.88. The Morgan fingerprint density at radius 2 is 1.84 bits per heavy atom. The average Bonchev–Trinajstić information content (AvgIpc) is 2.79. The van der Waals surface area contributed by atoms with Crippen LogP contribution < -0.4 is 20.5 Å². The molecular formula is C19H24IN3O2. The molecule has 0 radical (unpaired) electrons. The fourth-order valence-corrected chi connectivity index (χ4v) is 2.62. The number of hydrogen-bond acceptors (Lipinski definition) is 3. The van der Waals surface area contributed by atoms with E-state index in [9.17, 15) is 0 Å². The van der Waals surface area contributed by atoms with Gasteiger partial charge in [0.2, 0.25) is 0 Å². The van der Waals surface area contributed by atoms with Gasteiger partial charge in [-0.25, -0.2) is 4.99 Å². The van der Waals surface area contributed by atoms with Gasteiger partial charge in [-0.15, -0.1) is 24.0 Å². The van der Waals surface area contributed by atoms with Gasteiger partial charge >= 0.3 is 0 Å². The molecule has 1 aliphatic rings. The summed E-state index contributed by atoms with van der Waals surface area (Å²) in [5.41, 5.74) is 10.5. The largest absolute Gasteiger partial charge is 0.490 e. The second-order valence-electron chi connectivity index (χ2n) is 5.97. The first kappa shape index (κ1) is 19.4. The normalized spacial score (nSPS) is 13.6. The second-order valence-corrected chi connectivity index (χ2v) is 5.97. The van der Waals surface area contributed by atoms with E-state index < -0.39 is 0 Å². The van der Waals surface area contributed by atoms with Crippen molar-refractivity contribution in [2.24, 2.45) is 10.7 Å². The fourth-order valence-electron chi connectivity index (χ4n) is 2.62. The monoisotopic (exact) mass is 453 g/mol. The molecule has 3 rings (SSSR count). The lowest BCUT2D eigenvalue weighted by molar-refractivity contribution is 0.297. The molecule has 0 fully saturated rings. The topological polar surface area (TPSA) is 68.9 Å². The number of halogens is 1. The molecule has 0 saturated carbocycles. The van der Waals surface area contributed by atoms with Crippen LogP contribution in [0.15, 0.2) is 41.4 Å². The number of anilines is 1. The van der Waals surface area contributed by atoms with E-state index in [1.807, 2.05) is 18.2 Å². The van der Waals surface area contributed by atoms with Gasteiger partial charge in [0.15, 0.2) is 17.5 Å². The number of nitrogens with two attached hydrogens (primary N) is 1. The number of fused-ring (bicyclic) bond motifs is 1. The summed E-state index contributed by atoms with van der Waals surface area (Å²) >= 11 is 0. The van der Waals surface area contributed by atoms with Gasteiger partial charge < -0.3 is 20.5 Å². The van der Waals surface area contributed by atoms with Gasteiger partial charge in [0, 0.05) is 18.2 Å². The highest BCUT2D eigenvalue weighted by atomic mass is 127. The highest BCUT2D eigenvalue weighted by Gasteiger charge is 2.10. The summed E-state index contributed by atoms with van der Waals surface area (Å²) in [6.07, 6.45) is 0.886. The minimum atomic E-state index is 0. The quantitative estimate of drug-likeness (QED) is 0.419. The number of nitrogens with zero attached hydrogens (tertiary/aromatic N) is 1. The van der Waals surface area contributed by atoms with Gasteiger partial charge in [-0.1, -0.05) is 23.8 Å². The molecule has 0 amide bonds. The zero-order chi connectivity index (χ0) is 16.9. The molecule has 1 heterocycles. The number of guanidine groups is 1. The van der Waals surface area contributed by atoms with Crippen molar-refractivity contribution in [1.29, 1.82) is 0 Å². The van der Waals surface area contributed by atoms with Gasteiger partial charge in [-0.05, 0) is 37.1 Å². The Kier molecular flexibility index (Phi) is 6.92. The van der Waals surface area contributed by atoms with Crippen molar-refractivity contribution in [1.82, 2.24) is 0 Å². The van der Waals surface area contributed by atoms with E-state index >= 15 is 0 Å². The van der Waals surface area contributed by atoms with Gasteiger partial charge in [0.1, 0.15) is 0 Å². The minimum Gasteiger partial charge on any atom is -0.490 e. The van der Waals surface area contributed by atoms with Crippen LogP contribution in [0.1, 0.15) is 23.1 Å². The molecule has 0 bridgehead atoms. The molecule has 2 aromatic rings. The molecular weight excluding hydrogens is 429 g/mol. The summed E-state index contributed by atoms with van der Waals surface area (Å²) in [7, 11) is 0. The zero-order valence-electron chi connectivity index (χ0n) is 14.5. The molecule has 3 N–H and O–H groups in total. The smallest absolute Gasteiger partial charge is 0.193 e. The summed E-state index contributed by atoms with van der Waals surface area (Å²) < 4.78 is 11.3. The number of rotatable bonds is 3. The highest BCUT2D eigenvalue weighted by Crippen LogP contribution is 2.32. The lowest BCUT2D eigenvalue weighted by Gasteiger charge is -2.11. The lowest BCUT2D eigenvalue weighted by atomic mass is 10.1. The molecule has 0 unspecified atom stereocenters. The molecule has 0 spiro atoms. The van der Waals surface area contributed by atoms with E-state index in [0.29, 0.717) is 25.7 Å². The molecule has 0 saturated heterocycles. The van der Waals surface area contributed by atoms with Crippen molar-refractivity contribution < 1.29 is 9.47 Å². The van der Waals surface area contributed by atoms with E-state index in [2.05, 4.69) is 42.4 Å². The number of ether oxygens (including phenoxy) is 2. The van der Waals surface area contributed by atoms with Crippen LogP contribution in [-0.4, -0.2) is 19.2 Å². The molecule has 6 heteroatoms. The van der Waals surface area contributed by atoms with E-state index in [0.717, 1.165) is 23.6 Å². The fraction of sp³-hybridized carbons (Fsp3) is 0.316. The van der Waals surface area contributed by atoms with E-state index in [-0.39, 0.29) is 24.0 Å². The Labute approximate surface area is 165 Å². The molecule has 134 valence electrons. The van der Waals surface area contributed by atoms with Crippen molar-refractivity contribution in [3.8, 4) is 11.5 Å². The maximum atomic E-state index is 6.01. The number of hydrogen-bond donors (Lipinski definition) is 2. The van der Waals surface area contributed by atoms with Gasteiger partial charge in [0.25, 0.3) is 0 Å². The Morgan fingerprint density at radius 1 is 1.08 bits per heavy atom. The van der Waals surface area contributed by atoms with Crippen LogP contribution in [0, 0.1) is 13.8 Å². The summed E-state index contributed by atoms with van der Waals surface area (Å²) in [4.78, 5) is 4.42. The van der Waals surface area contributed by atoms with E-state index in [1.54, 1.807) is 0 Å². The molecule has 2 aromatic carbocycles. The highest BCUT2D eigenvalue weighted by molar-refractivity contribution is 14.0. The number of aryl methyl sites for hydroxylation is 2. The molecule has 0 aliphatic carbocycles. The summed E-state index contributed by atoms with van der Waals surface area (Å²) in [6.45, 7) is 6.06. The summed E-state index contributed by atoms with van der Waals surface area (Å²) in [5, 5.41) is 3.11. The third kappa shape index (κ3) is 5.26. The number of nitrogens with one attached hydrogen (secondary N) is 1. The van der Waals surface area contributed by atoms with Gasteiger partial charge in [-0.3, -0.25) is 0 Å². The number of aliphatic imine (C=N–C) groups is 1. The first-order valence-corrected chi connectivity index (χ1v) is 8.14. The van der Waals surface area contributed by atoms with Crippen LogP contribution in [0.4, 0.5) is 5.69 Å². The SMILES string of the molecule is Cc1ccc(CN=C(N)Nc2ccc3c(c2)OCCCO3)c(C)c1.I. The molecule has 1 aliphatic heterocycles. The molecule has 25 heavy (non-hydrogen) atoms. The average molecular weight is 453 g/mol. The maximum Gasteiger partial charge on any atom is 0.193 e. The van der Waals surface area contributed by atoms with Gasteiger partial charge in [0.05, 0.1) is 19.8 Å². The predicted molar refractivity (Wildman–Crippen MR) is 112 cm³/mol. The predicted octanol–water partition coefficient (Wildman–Crippen LogP) is 4.01. The zero-order valence-corrected chi connectivity index (χ0v) is 16.9. The molecule has 0 atom stereocenters. The standard InChI is InChI=1S/C19H23N3O2.HI/c1-13-4-5-15(14(2)10-13)12-21-19(20)22-16-6-7-17-18(11-16)24-9-3-8-23-17;/h4-7,10-11H,3,8-9,12H2,1-2H3,(H3,20,21,22);1H. The first-order valence-electron chi connectivity index (χ1n) is 8.14. The Balaban J connectivity index is 0.00000225. The van der Waals surface area contributed by atoms with Crippen LogP contribution in [-0.2, 0) is 6.54 Å². The first-order chi connectivity index (χ1) is 11.6. The summed E-state index contributed by atoms with van der Waals surface area (Å²) in [6, 6.07) is 12.0. The Hall–Kier alpha value is -1.96. The number of benzene rings is 2. The van der Waals surface area contributed by atoms with Crippen LogP contribution in [0.3, 0.4) is 0 Å².